The van der Waals surface area contributed by atoms with Crippen LogP contribution in [0.25, 0.3) is 11.0 Å². The van der Waals surface area contributed by atoms with E-state index in [1.165, 1.54) is 12.1 Å². The lowest BCUT2D eigenvalue weighted by Crippen LogP contribution is -2.32. The number of β-amino-alcohol motifs (C(OH)–C–C–N with tert-alkyl or cyclic N) is 1. The van der Waals surface area contributed by atoms with Gasteiger partial charge in [0.2, 0.25) is 5.91 Å². The highest BCUT2D eigenvalue weighted by Gasteiger charge is 2.37. The van der Waals surface area contributed by atoms with E-state index >= 15 is 0 Å². The molecule has 1 amide bonds. The SMILES string of the molecule is O=C(C/N=C1/NC(=S)N(c2ccc3[nH]cnc3c2)C1c1ccc(Cl)c(F)c1)N1CCC(O)C1. The number of nitrogens with one attached hydrogen (secondary N) is 2. The van der Waals surface area contributed by atoms with Crippen molar-refractivity contribution in [3.05, 3.63) is 59.1 Å². The highest BCUT2D eigenvalue weighted by Crippen LogP contribution is 2.34. The number of thiocarbonyl (C=S) groups is 1. The number of amides is 1. The molecule has 170 valence electrons. The van der Waals surface area contributed by atoms with Crippen molar-refractivity contribution in [2.75, 3.05) is 24.5 Å². The zero-order valence-electron chi connectivity index (χ0n) is 17.3. The fourth-order valence-electron chi connectivity index (χ4n) is 4.15. The number of hydrogen-bond donors (Lipinski definition) is 3. The third-order valence-electron chi connectivity index (χ3n) is 5.81. The van der Waals surface area contributed by atoms with Crippen molar-refractivity contribution >= 4 is 57.4 Å². The van der Waals surface area contributed by atoms with E-state index in [1.54, 1.807) is 17.3 Å². The van der Waals surface area contributed by atoms with Crippen molar-refractivity contribution in [3.63, 3.8) is 0 Å². The van der Waals surface area contributed by atoms with Crippen LogP contribution in [0.4, 0.5) is 10.1 Å². The monoisotopic (exact) mass is 486 g/mol. The molecule has 0 bridgehead atoms. The van der Waals surface area contributed by atoms with E-state index in [-0.39, 0.29) is 17.5 Å². The quantitative estimate of drug-likeness (QED) is 0.491. The van der Waals surface area contributed by atoms with Crippen molar-refractivity contribution in [2.24, 2.45) is 4.99 Å². The first-order valence-electron chi connectivity index (χ1n) is 10.4. The lowest BCUT2D eigenvalue weighted by atomic mass is 10.0. The van der Waals surface area contributed by atoms with Crippen LogP contribution in [-0.2, 0) is 4.79 Å². The van der Waals surface area contributed by atoms with Gasteiger partial charge in [-0.2, -0.15) is 0 Å². The second kappa shape index (κ2) is 8.69. The molecule has 2 aliphatic rings. The number of halogens is 2. The summed E-state index contributed by atoms with van der Waals surface area (Å²) in [6.45, 7) is 0.686. The Morgan fingerprint density at radius 2 is 2.18 bits per heavy atom. The topological polar surface area (TPSA) is 96.8 Å². The summed E-state index contributed by atoms with van der Waals surface area (Å²) >= 11 is 11.5. The summed E-state index contributed by atoms with van der Waals surface area (Å²) < 4.78 is 14.4. The van der Waals surface area contributed by atoms with Gasteiger partial charge in [-0.15, -0.1) is 0 Å². The Balaban J connectivity index is 1.51. The molecule has 33 heavy (non-hydrogen) atoms. The van der Waals surface area contributed by atoms with E-state index in [9.17, 15) is 14.3 Å². The van der Waals surface area contributed by atoms with Gasteiger partial charge in [-0.1, -0.05) is 17.7 Å². The van der Waals surface area contributed by atoms with Crippen LogP contribution in [0.1, 0.15) is 18.0 Å². The maximum atomic E-state index is 14.4. The molecule has 1 aromatic heterocycles. The number of hydrogen-bond acceptors (Lipinski definition) is 5. The molecule has 0 saturated carbocycles. The first-order chi connectivity index (χ1) is 15.9. The van der Waals surface area contributed by atoms with Crippen molar-refractivity contribution < 1.29 is 14.3 Å². The number of fused-ring (bicyclic) bond motifs is 1. The normalized spacial score (nSPS) is 21.9. The van der Waals surface area contributed by atoms with Crippen molar-refractivity contribution in [3.8, 4) is 0 Å². The van der Waals surface area contributed by atoms with E-state index in [2.05, 4.69) is 20.3 Å². The Morgan fingerprint density at radius 1 is 1.33 bits per heavy atom. The highest BCUT2D eigenvalue weighted by molar-refractivity contribution is 7.80. The number of carbonyl (C=O) groups excluding carboxylic acids is 1. The summed E-state index contributed by atoms with van der Waals surface area (Å²) in [5, 5.41) is 13.2. The Labute approximate surface area is 199 Å². The van der Waals surface area contributed by atoms with Gasteiger partial charge in [0.05, 0.1) is 28.5 Å². The van der Waals surface area contributed by atoms with Crippen molar-refractivity contribution in [1.29, 1.82) is 0 Å². The minimum atomic E-state index is -0.586. The molecular formula is C22H20ClFN6O2S. The number of imidazole rings is 1. The summed E-state index contributed by atoms with van der Waals surface area (Å²) in [7, 11) is 0. The number of likely N-dealkylation sites (tertiary alicyclic amines) is 1. The maximum Gasteiger partial charge on any atom is 0.244 e. The molecule has 2 saturated heterocycles. The maximum absolute atomic E-state index is 14.4. The molecule has 2 aromatic carbocycles. The summed E-state index contributed by atoms with van der Waals surface area (Å²) in [6, 6.07) is 9.59. The van der Waals surface area contributed by atoms with E-state index < -0.39 is 18.0 Å². The molecule has 0 aliphatic carbocycles. The van der Waals surface area contributed by atoms with Gasteiger partial charge in [-0.05, 0) is 54.5 Å². The first-order valence-corrected chi connectivity index (χ1v) is 11.2. The van der Waals surface area contributed by atoms with Gasteiger partial charge in [0.15, 0.2) is 5.11 Å². The molecule has 0 radical (unpaired) electrons. The summed E-state index contributed by atoms with van der Waals surface area (Å²) in [5.41, 5.74) is 2.95. The Kier molecular flexibility index (Phi) is 5.73. The van der Waals surface area contributed by atoms with E-state index in [0.717, 1.165) is 16.7 Å². The molecule has 3 N–H and O–H groups in total. The molecule has 3 heterocycles. The van der Waals surface area contributed by atoms with E-state index in [4.69, 9.17) is 23.8 Å². The van der Waals surface area contributed by atoms with Gasteiger partial charge in [-0.3, -0.25) is 9.79 Å². The minimum absolute atomic E-state index is 0.0121. The van der Waals surface area contributed by atoms with Crippen LogP contribution in [0.5, 0.6) is 0 Å². The average Bonchev–Trinajstić information content (AvgIpc) is 3.51. The van der Waals surface area contributed by atoms with Crippen LogP contribution in [0.2, 0.25) is 5.02 Å². The first kappa shape index (κ1) is 21.7. The predicted molar refractivity (Wildman–Crippen MR) is 128 cm³/mol. The van der Waals surface area contributed by atoms with Crippen LogP contribution in [0.3, 0.4) is 0 Å². The number of aliphatic hydroxyl groups is 1. The third-order valence-corrected chi connectivity index (χ3v) is 6.42. The minimum Gasteiger partial charge on any atom is -0.391 e. The van der Waals surface area contributed by atoms with Crippen LogP contribution >= 0.6 is 23.8 Å². The Morgan fingerprint density at radius 3 is 2.94 bits per heavy atom. The summed E-state index contributed by atoms with van der Waals surface area (Å²) in [6.07, 6.45) is 1.66. The number of aromatic nitrogens is 2. The highest BCUT2D eigenvalue weighted by atomic mass is 35.5. The molecule has 2 aliphatic heterocycles. The number of rotatable bonds is 4. The number of H-pyrrole nitrogens is 1. The van der Waals surface area contributed by atoms with Gasteiger partial charge in [0, 0.05) is 18.8 Å². The number of aliphatic imine (C=N–C) groups is 1. The standard InChI is InChI=1S/C22H20ClFN6O2S/c23-15-3-1-12(7-16(15)24)20-21(25-9-19(32)29-6-5-14(31)10-29)28-22(33)30(20)13-2-4-17-18(8-13)27-11-26-17/h1-4,7-8,11,14,20,31H,5-6,9-10H2,(H,26,27)(H,25,28,33). The lowest BCUT2D eigenvalue weighted by Gasteiger charge is -2.25. The van der Waals surface area contributed by atoms with E-state index in [1.807, 2.05) is 23.1 Å². The fraction of sp³-hybridized carbons (Fsp3) is 0.273. The number of amidine groups is 1. The molecule has 11 heteroatoms. The van der Waals surface area contributed by atoms with Crippen molar-refractivity contribution in [1.82, 2.24) is 20.2 Å². The average molecular weight is 487 g/mol. The Bertz CT molecular complexity index is 1280. The Hall–Kier alpha value is -3.08. The number of aliphatic hydroxyl groups excluding tert-OH is 1. The zero-order chi connectivity index (χ0) is 23.1. The van der Waals surface area contributed by atoms with Crippen LogP contribution in [0.15, 0.2) is 47.7 Å². The molecule has 8 nitrogen and oxygen atoms in total. The molecular weight excluding hydrogens is 467 g/mol. The van der Waals surface area contributed by atoms with Crippen LogP contribution in [-0.4, -0.2) is 62.6 Å². The molecule has 2 fully saturated rings. The van der Waals surface area contributed by atoms with Gasteiger partial charge in [-0.25, -0.2) is 9.37 Å². The van der Waals surface area contributed by atoms with Crippen LogP contribution in [0, 0.1) is 5.82 Å². The number of aromatic amines is 1. The molecule has 2 unspecified atom stereocenters. The number of anilines is 1. The summed E-state index contributed by atoms with van der Waals surface area (Å²) in [5.74, 6) is -0.322. The van der Waals surface area contributed by atoms with Crippen LogP contribution < -0.4 is 10.2 Å². The molecule has 2 atom stereocenters. The lowest BCUT2D eigenvalue weighted by molar-refractivity contribution is -0.128. The predicted octanol–water partition coefficient (Wildman–Crippen LogP) is 2.78. The van der Waals surface area contributed by atoms with Gasteiger partial charge >= 0.3 is 0 Å². The second-order valence-electron chi connectivity index (χ2n) is 7.96. The molecule has 5 rings (SSSR count). The zero-order valence-corrected chi connectivity index (χ0v) is 18.9. The smallest absolute Gasteiger partial charge is 0.244 e. The van der Waals surface area contributed by atoms with Gasteiger partial charge in [0.1, 0.15) is 24.2 Å². The number of carbonyl (C=O) groups is 1. The third kappa shape index (κ3) is 4.17. The van der Waals surface area contributed by atoms with Gasteiger partial charge in [0.25, 0.3) is 0 Å². The molecule has 0 spiro atoms. The van der Waals surface area contributed by atoms with E-state index in [0.29, 0.717) is 36.0 Å². The largest absolute Gasteiger partial charge is 0.391 e. The molecule has 3 aromatic rings. The fourth-order valence-corrected chi connectivity index (χ4v) is 4.58. The second-order valence-corrected chi connectivity index (χ2v) is 8.76. The van der Waals surface area contributed by atoms with Gasteiger partial charge < -0.3 is 25.2 Å². The number of nitrogens with zero attached hydrogens (tertiary/aromatic N) is 4. The van der Waals surface area contributed by atoms with Crippen molar-refractivity contribution in [2.45, 2.75) is 18.6 Å². The number of benzene rings is 2. The summed E-state index contributed by atoms with van der Waals surface area (Å²) in [4.78, 5) is 27.8.